The fourth-order valence-electron chi connectivity index (χ4n) is 3.49. The lowest BCUT2D eigenvalue weighted by atomic mass is 10.1. The van der Waals surface area contributed by atoms with Gasteiger partial charge >= 0.3 is 0 Å². The van der Waals surface area contributed by atoms with Gasteiger partial charge in [-0.2, -0.15) is 5.26 Å². The van der Waals surface area contributed by atoms with E-state index in [1.165, 1.54) is 0 Å². The van der Waals surface area contributed by atoms with Crippen LogP contribution in [0, 0.1) is 18.3 Å². The molecule has 0 spiro atoms. The molecule has 4 N–H and O–H groups in total. The van der Waals surface area contributed by atoms with E-state index in [4.69, 9.17) is 0 Å². The first-order valence-electron chi connectivity index (χ1n) is 9.48. The van der Waals surface area contributed by atoms with E-state index in [9.17, 15) is 15.2 Å². The summed E-state index contributed by atoms with van der Waals surface area (Å²) < 4.78 is 0. The molecular weight excluding hydrogens is 380 g/mol. The molecule has 0 aliphatic heterocycles. The lowest BCUT2D eigenvalue weighted by molar-refractivity contribution is 0.273. The van der Waals surface area contributed by atoms with Gasteiger partial charge in [0.2, 0.25) is 0 Å². The first kappa shape index (κ1) is 19.4. The molecular formula is C22H20N6O2. The van der Waals surface area contributed by atoms with Crippen molar-refractivity contribution in [2.75, 3.05) is 11.9 Å². The number of H-pyrrole nitrogens is 2. The minimum absolute atomic E-state index is 0.119. The highest BCUT2D eigenvalue weighted by atomic mass is 16.3. The van der Waals surface area contributed by atoms with E-state index in [1.807, 2.05) is 19.1 Å². The molecule has 1 aromatic carbocycles. The molecule has 150 valence electrons. The molecule has 0 aliphatic carbocycles. The molecule has 1 atom stereocenters. The lowest BCUT2D eigenvalue weighted by Gasteiger charge is -2.19. The SMILES string of the molecule is Cc1cc(C#N)cc2[nH]c(-c3c(NC(CO)Cc4cccnc4)cc[nH]c3=O)nc12. The summed E-state index contributed by atoms with van der Waals surface area (Å²) >= 11 is 0. The van der Waals surface area contributed by atoms with Gasteiger partial charge in [-0.15, -0.1) is 0 Å². The molecule has 0 fully saturated rings. The highest BCUT2D eigenvalue weighted by Gasteiger charge is 2.18. The minimum Gasteiger partial charge on any atom is -0.394 e. The first-order valence-corrected chi connectivity index (χ1v) is 9.48. The Kier molecular flexibility index (Phi) is 5.28. The van der Waals surface area contributed by atoms with E-state index in [1.54, 1.807) is 36.8 Å². The molecule has 0 radical (unpaired) electrons. The fourth-order valence-corrected chi connectivity index (χ4v) is 3.49. The average molecular weight is 400 g/mol. The number of anilines is 1. The van der Waals surface area contributed by atoms with Crippen molar-refractivity contribution in [1.29, 1.82) is 5.26 Å². The van der Waals surface area contributed by atoms with E-state index >= 15 is 0 Å². The quantitative estimate of drug-likeness (QED) is 0.393. The first-order chi connectivity index (χ1) is 14.6. The minimum atomic E-state index is -0.314. The Morgan fingerprint density at radius 2 is 2.20 bits per heavy atom. The van der Waals surface area contributed by atoms with E-state index < -0.39 is 0 Å². The van der Waals surface area contributed by atoms with Crippen molar-refractivity contribution in [2.45, 2.75) is 19.4 Å². The highest BCUT2D eigenvalue weighted by Crippen LogP contribution is 2.27. The van der Waals surface area contributed by atoms with Crippen LogP contribution in [-0.4, -0.2) is 37.7 Å². The van der Waals surface area contributed by atoms with Gasteiger partial charge in [0.05, 0.1) is 41.0 Å². The molecule has 8 nitrogen and oxygen atoms in total. The Morgan fingerprint density at radius 1 is 1.33 bits per heavy atom. The maximum Gasteiger partial charge on any atom is 0.261 e. The fraction of sp³-hybridized carbons (Fsp3) is 0.182. The lowest BCUT2D eigenvalue weighted by Crippen LogP contribution is -2.28. The van der Waals surface area contributed by atoms with Crippen LogP contribution < -0.4 is 10.9 Å². The van der Waals surface area contributed by atoms with Crippen LogP contribution in [0.25, 0.3) is 22.4 Å². The zero-order valence-electron chi connectivity index (χ0n) is 16.3. The van der Waals surface area contributed by atoms with Crippen LogP contribution >= 0.6 is 0 Å². The zero-order valence-corrected chi connectivity index (χ0v) is 16.3. The molecule has 0 bridgehead atoms. The summed E-state index contributed by atoms with van der Waals surface area (Å²) in [6.07, 6.45) is 5.54. The van der Waals surface area contributed by atoms with Crippen LogP contribution in [0.4, 0.5) is 5.69 Å². The summed E-state index contributed by atoms with van der Waals surface area (Å²) in [5.41, 5.74) is 4.31. The second-order valence-electron chi connectivity index (χ2n) is 7.07. The number of pyridine rings is 2. The van der Waals surface area contributed by atoms with Crippen molar-refractivity contribution < 1.29 is 5.11 Å². The number of nitrogens with one attached hydrogen (secondary N) is 3. The van der Waals surface area contributed by atoms with Gasteiger partial charge in [0, 0.05) is 18.6 Å². The number of hydrogen-bond donors (Lipinski definition) is 4. The van der Waals surface area contributed by atoms with Gasteiger partial charge in [-0.1, -0.05) is 6.07 Å². The highest BCUT2D eigenvalue weighted by molar-refractivity contribution is 5.85. The molecule has 8 heteroatoms. The summed E-state index contributed by atoms with van der Waals surface area (Å²) in [5, 5.41) is 22.3. The normalized spacial score (nSPS) is 11.9. The van der Waals surface area contributed by atoms with Gasteiger partial charge in [0.25, 0.3) is 5.56 Å². The molecule has 1 unspecified atom stereocenters. The van der Waals surface area contributed by atoms with Gasteiger partial charge in [-0.05, 0) is 48.7 Å². The van der Waals surface area contributed by atoms with Gasteiger partial charge in [0.1, 0.15) is 11.4 Å². The molecule has 4 rings (SSSR count). The third kappa shape index (κ3) is 3.79. The van der Waals surface area contributed by atoms with Crippen LogP contribution in [0.1, 0.15) is 16.7 Å². The van der Waals surface area contributed by atoms with Gasteiger partial charge in [-0.3, -0.25) is 9.78 Å². The van der Waals surface area contributed by atoms with Crippen LogP contribution in [0.5, 0.6) is 0 Å². The second kappa shape index (κ2) is 8.19. The summed E-state index contributed by atoms with van der Waals surface area (Å²) in [6, 6.07) is 10.8. The zero-order chi connectivity index (χ0) is 21.1. The number of aliphatic hydroxyl groups is 1. The van der Waals surface area contributed by atoms with Gasteiger partial charge in [0.15, 0.2) is 0 Å². The maximum absolute atomic E-state index is 12.7. The van der Waals surface area contributed by atoms with Crippen LogP contribution in [0.15, 0.2) is 53.7 Å². The molecule has 0 aliphatic rings. The van der Waals surface area contributed by atoms with Gasteiger partial charge in [-0.25, -0.2) is 4.98 Å². The van der Waals surface area contributed by atoms with Crippen LogP contribution in [0.3, 0.4) is 0 Å². The van der Waals surface area contributed by atoms with E-state index in [0.29, 0.717) is 40.1 Å². The van der Waals surface area contributed by atoms with Crippen molar-refractivity contribution in [1.82, 2.24) is 19.9 Å². The Morgan fingerprint density at radius 3 is 2.93 bits per heavy atom. The number of imidazole rings is 1. The molecule has 0 saturated carbocycles. The van der Waals surface area contributed by atoms with Crippen molar-refractivity contribution in [3.63, 3.8) is 0 Å². The van der Waals surface area contributed by atoms with Crippen LogP contribution in [-0.2, 0) is 6.42 Å². The van der Waals surface area contributed by atoms with Crippen LogP contribution in [0.2, 0.25) is 0 Å². The Hall–Kier alpha value is -3.96. The Balaban J connectivity index is 1.73. The average Bonchev–Trinajstić information content (AvgIpc) is 3.18. The topological polar surface area (TPSA) is 130 Å². The van der Waals surface area contributed by atoms with Crippen molar-refractivity contribution in [3.8, 4) is 17.5 Å². The predicted octanol–water partition coefficient (Wildman–Crippen LogP) is 2.51. The third-order valence-corrected chi connectivity index (χ3v) is 4.89. The number of nitrogens with zero attached hydrogens (tertiary/aromatic N) is 3. The maximum atomic E-state index is 12.7. The van der Waals surface area contributed by atoms with E-state index in [2.05, 4.69) is 31.3 Å². The van der Waals surface area contributed by atoms with E-state index in [0.717, 1.165) is 11.1 Å². The number of rotatable bonds is 6. The third-order valence-electron chi connectivity index (χ3n) is 4.89. The van der Waals surface area contributed by atoms with Crippen molar-refractivity contribution in [3.05, 3.63) is 76.0 Å². The molecule has 4 aromatic rings. The van der Waals surface area contributed by atoms with E-state index in [-0.39, 0.29) is 18.2 Å². The number of aromatic amines is 2. The number of hydrogen-bond acceptors (Lipinski definition) is 6. The monoisotopic (exact) mass is 400 g/mol. The number of aliphatic hydroxyl groups excluding tert-OH is 1. The molecule has 30 heavy (non-hydrogen) atoms. The molecule has 3 heterocycles. The standard InChI is InChI=1S/C22H20N6O2/c1-13-7-15(10-23)9-18-20(13)28-21(27-18)19-17(4-6-25-22(19)30)26-16(12-29)8-14-3-2-5-24-11-14/h2-7,9,11,16,29H,8,12H2,1H3,(H,27,28)(H2,25,26,30). The largest absolute Gasteiger partial charge is 0.394 e. The summed E-state index contributed by atoms with van der Waals surface area (Å²) in [4.78, 5) is 27.2. The predicted molar refractivity (Wildman–Crippen MR) is 114 cm³/mol. The second-order valence-corrected chi connectivity index (χ2v) is 7.07. The van der Waals surface area contributed by atoms with Crippen molar-refractivity contribution >= 4 is 16.7 Å². The molecule has 0 amide bonds. The number of fused-ring (bicyclic) bond motifs is 1. The van der Waals surface area contributed by atoms with Gasteiger partial charge < -0.3 is 20.4 Å². The molecule has 0 saturated heterocycles. The summed E-state index contributed by atoms with van der Waals surface area (Å²) in [6.45, 7) is 1.75. The molecule has 3 aromatic heterocycles. The smallest absolute Gasteiger partial charge is 0.261 e. The number of benzene rings is 1. The summed E-state index contributed by atoms with van der Waals surface area (Å²) in [7, 11) is 0. The number of aryl methyl sites for hydroxylation is 1. The Labute approximate surface area is 172 Å². The Bertz CT molecular complexity index is 1290. The summed E-state index contributed by atoms with van der Waals surface area (Å²) in [5.74, 6) is 0.394. The number of aromatic nitrogens is 4. The number of nitriles is 1. The van der Waals surface area contributed by atoms with Crippen molar-refractivity contribution in [2.24, 2.45) is 0 Å².